The molecule has 0 radical (unpaired) electrons. The summed E-state index contributed by atoms with van der Waals surface area (Å²) in [6.07, 6.45) is 1.70. The van der Waals surface area contributed by atoms with Crippen LogP contribution in [0.2, 0.25) is 0 Å². The minimum Gasteiger partial charge on any atom is -0.382 e. The molecule has 4 N–H and O–H groups in total. The molecule has 0 aliphatic heterocycles. The fourth-order valence-corrected chi connectivity index (χ4v) is 2.64. The molecule has 6 nitrogen and oxygen atoms in total. The number of hydrogen-bond donors (Lipinski definition) is 3. The van der Waals surface area contributed by atoms with E-state index >= 15 is 0 Å². The summed E-state index contributed by atoms with van der Waals surface area (Å²) < 4.78 is 0. The summed E-state index contributed by atoms with van der Waals surface area (Å²) in [5.74, 6) is 0.909. The van der Waals surface area contributed by atoms with Gasteiger partial charge in [-0.15, -0.1) is 0 Å². The number of aromatic amines is 1. The number of benzene rings is 2. The van der Waals surface area contributed by atoms with Crippen molar-refractivity contribution in [3.05, 3.63) is 72.9 Å². The van der Waals surface area contributed by atoms with Gasteiger partial charge in [0.1, 0.15) is 0 Å². The number of aromatic nitrogens is 4. The maximum atomic E-state index is 6.09. The zero-order chi connectivity index (χ0) is 17.1. The predicted octanol–water partition coefficient (Wildman–Crippen LogP) is 3.86. The van der Waals surface area contributed by atoms with Gasteiger partial charge in [-0.2, -0.15) is 5.10 Å². The van der Waals surface area contributed by atoms with Crippen LogP contribution in [0.1, 0.15) is 0 Å². The topological polar surface area (TPSA) is 92.5 Å². The number of nitrogens with zero attached hydrogens (tertiary/aromatic N) is 3. The standard InChI is InChI=1S/C19H16N6/c20-18-16(17(24-25-18)13-7-3-1-4-8-13)15-11-12-21-19(23-15)22-14-9-5-2-6-10-14/h1-12H,(H3,20,24,25)(H,21,22,23). The molecule has 0 saturated carbocycles. The second-order valence-corrected chi connectivity index (χ2v) is 5.48. The Bertz CT molecular complexity index is 979. The first-order valence-electron chi connectivity index (χ1n) is 7.86. The van der Waals surface area contributed by atoms with Crippen LogP contribution < -0.4 is 11.1 Å². The van der Waals surface area contributed by atoms with Crippen LogP contribution >= 0.6 is 0 Å². The molecular formula is C19H16N6. The summed E-state index contributed by atoms with van der Waals surface area (Å²) in [5, 5.41) is 10.3. The van der Waals surface area contributed by atoms with Gasteiger partial charge in [-0.1, -0.05) is 48.5 Å². The molecule has 0 fully saturated rings. The molecule has 0 atom stereocenters. The Morgan fingerprint density at radius 2 is 1.60 bits per heavy atom. The van der Waals surface area contributed by atoms with E-state index in [0.717, 1.165) is 22.5 Å². The number of nitrogen functional groups attached to an aromatic ring is 1. The Hall–Kier alpha value is -3.67. The summed E-state index contributed by atoms with van der Waals surface area (Å²) in [6, 6.07) is 21.5. The average Bonchev–Trinajstić information content (AvgIpc) is 3.05. The molecule has 0 aliphatic carbocycles. The normalized spacial score (nSPS) is 10.6. The van der Waals surface area contributed by atoms with Gasteiger partial charge >= 0.3 is 0 Å². The number of anilines is 3. The van der Waals surface area contributed by atoms with Crippen LogP contribution in [0.4, 0.5) is 17.5 Å². The second kappa shape index (κ2) is 6.45. The van der Waals surface area contributed by atoms with Gasteiger partial charge in [0.25, 0.3) is 0 Å². The van der Waals surface area contributed by atoms with Crippen molar-refractivity contribution in [2.45, 2.75) is 0 Å². The highest BCUT2D eigenvalue weighted by molar-refractivity contribution is 5.86. The lowest BCUT2D eigenvalue weighted by Gasteiger charge is -2.07. The number of rotatable bonds is 4. The Labute approximate surface area is 144 Å². The fraction of sp³-hybridized carbons (Fsp3) is 0. The third-order valence-corrected chi connectivity index (χ3v) is 3.80. The Morgan fingerprint density at radius 3 is 2.36 bits per heavy atom. The first kappa shape index (κ1) is 14.9. The molecule has 6 heteroatoms. The summed E-state index contributed by atoms with van der Waals surface area (Å²) in [6.45, 7) is 0. The number of para-hydroxylation sites is 1. The molecule has 2 aromatic carbocycles. The van der Waals surface area contributed by atoms with Crippen molar-refractivity contribution in [1.29, 1.82) is 0 Å². The highest BCUT2D eigenvalue weighted by atomic mass is 15.2. The van der Waals surface area contributed by atoms with E-state index in [1.54, 1.807) is 6.20 Å². The van der Waals surface area contributed by atoms with Crippen molar-refractivity contribution in [3.63, 3.8) is 0 Å². The summed E-state index contributed by atoms with van der Waals surface area (Å²) in [5.41, 5.74) is 10.3. The highest BCUT2D eigenvalue weighted by Gasteiger charge is 2.16. The van der Waals surface area contributed by atoms with E-state index in [1.807, 2.05) is 66.7 Å². The van der Waals surface area contributed by atoms with E-state index in [9.17, 15) is 0 Å². The quantitative estimate of drug-likeness (QED) is 0.529. The molecule has 0 aliphatic rings. The second-order valence-electron chi connectivity index (χ2n) is 5.48. The van der Waals surface area contributed by atoms with Gasteiger partial charge in [0, 0.05) is 17.4 Å². The smallest absolute Gasteiger partial charge is 0.227 e. The molecule has 4 aromatic rings. The van der Waals surface area contributed by atoms with Gasteiger partial charge in [-0.25, -0.2) is 9.97 Å². The molecule has 0 spiro atoms. The average molecular weight is 328 g/mol. The van der Waals surface area contributed by atoms with E-state index in [-0.39, 0.29) is 0 Å². The SMILES string of the molecule is Nc1n[nH]c(-c2ccccc2)c1-c1ccnc(Nc2ccccc2)n1. The minimum atomic E-state index is 0.406. The Kier molecular flexibility index (Phi) is 3.84. The van der Waals surface area contributed by atoms with Crippen molar-refractivity contribution in [1.82, 2.24) is 20.2 Å². The number of nitrogens with one attached hydrogen (secondary N) is 2. The summed E-state index contributed by atoms with van der Waals surface area (Å²) in [4.78, 5) is 8.88. The van der Waals surface area contributed by atoms with E-state index in [1.165, 1.54) is 0 Å². The number of H-pyrrole nitrogens is 1. The van der Waals surface area contributed by atoms with E-state index in [0.29, 0.717) is 17.5 Å². The molecule has 0 bridgehead atoms. The highest BCUT2D eigenvalue weighted by Crippen LogP contribution is 2.33. The molecule has 0 saturated heterocycles. The monoisotopic (exact) mass is 328 g/mol. The summed E-state index contributed by atoms with van der Waals surface area (Å²) in [7, 11) is 0. The van der Waals surface area contributed by atoms with Crippen molar-refractivity contribution >= 4 is 17.5 Å². The van der Waals surface area contributed by atoms with Crippen LogP contribution in [0, 0.1) is 0 Å². The van der Waals surface area contributed by atoms with Gasteiger partial charge in [-0.05, 0) is 18.2 Å². The van der Waals surface area contributed by atoms with Crippen LogP contribution in [-0.2, 0) is 0 Å². The maximum Gasteiger partial charge on any atom is 0.227 e. The third kappa shape index (κ3) is 3.05. The van der Waals surface area contributed by atoms with E-state index in [4.69, 9.17) is 5.73 Å². The zero-order valence-corrected chi connectivity index (χ0v) is 13.3. The van der Waals surface area contributed by atoms with Crippen molar-refractivity contribution in [3.8, 4) is 22.5 Å². The Balaban J connectivity index is 1.74. The first-order chi connectivity index (χ1) is 12.3. The molecule has 122 valence electrons. The molecular weight excluding hydrogens is 312 g/mol. The zero-order valence-electron chi connectivity index (χ0n) is 13.3. The van der Waals surface area contributed by atoms with Gasteiger partial charge in [0.05, 0.1) is 17.0 Å². The molecule has 4 rings (SSSR count). The van der Waals surface area contributed by atoms with Gasteiger partial charge < -0.3 is 11.1 Å². The lowest BCUT2D eigenvalue weighted by molar-refractivity contribution is 1.10. The van der Waals surface area contributed by atoms with Crippen molar-refractivity contribution in [2.75, 3.05) is 11.1 Å². The van der Waals surface area contributed by atoms with Crippen LogP contribution in [-0.4, -0.2) is 20.2 Å². The fourth-order valence-electron chi connectivity index (χ4n) is 2.64. The minimum absolute atomic E-state index is 0.406. The lowest BCUT2D eigenvalue weighted by atomic mass is 10.1. The maximum absolute atomic E-state index is 6.09. The van der Waals surface area contributed by atoms with Crippen LogP contribution in [0.5, 0.6) is 0 Å². The number of hydrogen-bond acceptors (Lipinski definition) is 5. The van der Waals surface area contributed by atoms with Crippen molar-refractivity contribution in [2.24, 2.45) is 0 Å². The predicted molar refractivity (Wildman–Crippen MR) is 99.2 cm³/mol. The van der Waals surface area contributed by atoms with Crippen LogP contribution in [0.15, 0.2) is 72.9 Å². The van der Waals surface area contributed by atoms with E-state index in [2.05, 4.69) is 25.5 Å². The lowest BCUT2D eigenvalue weighted by Crippen LogP contribution is -1.99. The molecule has 25 heavy (non-hydrogen) atoms. The summed E-state index contributed by atoms with van der Waals surface area (Å²) >= 11 is 0. The van der Waals surface area contributed by atoms with Crippen LogP contribution in [0.3, 0.4) is 0 Å². The molecule has 2 heterocycles. The van der Waals surface area contributed by atoms with Gasteiger partial charge in [-0.3, -0.25) is 5.10 Å². The Morgan fingerprint density at radius 1 is 0.880 bits per heavy atom. The van der Waals surface area contributed by atoms with Crippen molar-refractivity contribution < 1.29 is 0 Å². The van der Waals surface area contributed by atoms with Gasteiger partial charge in [0.2, 0.25) is 5.95 Å². The van der Waals surface area contributed by atoms with E-state index < -0.39 is 0 Å². The van der Waals surface area contributed by atoms with Crippen LogP contribution in [0.25, 0.3) is 22.5 Å². The molecule has 2 aromatic heterocycles. The number of nitrogens with two attached hydrogens (primary N) is 1. The van der Waals surface area contributed by atoms with Gasteiger partial charge in [0.15, 0.2) is 5.82 Å². The first-order valence-corrected chi connectivity index (χ1v) is 7.86. The largest absolute Gasteiger partial charge is 0.382 e. The molecule has 0 unspecified atom stereocenters. The molecule has 0 amide bonds. The third-order valence-electron chi connectivity index (χ3n) is 3.80.